The van der Waals surface area contributed by atoms with Gasteiger partial charge in [-0.25, -0.2) is 4.39 Å². The summed E-state index contributed by atoms with van der Waals surface area (Å²) in [6, 6.07) is 12.1. The Balaban J connectivity index is 1.64. The summed E-state index contributed by atoms with van der Waals surface area (Å²) in [6.45, 7) is 5.88. The third kappa shape index (κ3) is 4.37. The standard InChI is InChI=1S/C20H24FN3O/c1-15-3-8-18(22)13-19(15)20(25)24-10-2-9-23(11-12-24)14-16-4-6-17(21)7-5-16/h3-8,13H,2,9-12,14,22H2,1H3. The Bertz CT molecular complexity index is 745. The van der Waals surface area contributed by atoms with Crippen LogP contribution < -0.4 is 5.73 Å². The molecule has 0 unspecified atom stereocenters. The lowest BCUT2D eigenvalue weighted by atomic mass is 10.1. The molecule has 1 heterocycles. The van der Waals surface area contributed by atoms with Gasteiger partial charge in [-0.15, -0.1) is 0 Å². The Hall–Kier alpha value is -2.40. The second-order valence-corrected chi connectivity index (χ2v) is 6.62. The average molecular weight is 341 g/mol. The first-order chi connectivity index (χ1) is 12.0. The second-order valence-electron chi connectivity index (χ2n) is 6.62. The van der Waals surface area contributed by atoms with Gasteiger partial charge in [0.25, 0.3) is 5.91 Å². The predicted molar refractivity (Wildman–Crippen MR) is 97.8 cm³/mol. The van der Waals surface area contributed by atoms with Crippen LogP contribution in [0.2, 0.25) is 0 Å². The van der Waals surface area contributed by atoms with Crippen molar-refractivity contribution in [3.63, 3.8) is 0 Å². The van der Waals surface area contributed by atoms with E-state index < -0.39 is 0 Å². The lowest BCUT2D eigenvalue weighted by Gasteiger charge is -2.23. The molecule has 0 saturated carbocycles. The molecule has 1 amide bonds. The van der Waals surface area contributed by atoms with E-state index in [1.165, 1.54) is 12.1 Å². The maximum atomic E-state index is 13.0. The Labute approximate surface area is 148 Å². The fourth-order valence-electron chi connectivity index (χ4n) is 3.22. The predicted octanol–water partition coefficient (Wildman–Crippen LogP) is 3.06. The van der Waals surface area contributed by atoms with Gasteiger partial charge in [0, 0.05) is 44.0 Å². The molecule has 1 aliphatic heterocycles. The van der Waals surface area contributed by atoms with Crippen LogP contribution >= 0.6 is 0 Å². The largest absolute Gasteiger partial charge is 0.399 e. The summed E-state index contributed by atoms with van der Waals surface area (Å²) in [5, 5.41) is 0. The number of nitrogens with zero attached hydrogens (tertiary/aromatic N) is 2. The van der Waals surface area contributed by atoms with Crippen molar-refractivity contribution in [3.05, 3.63) is 65.0 Å². The molecule has 132 valence electrons. The first kappa shape index (κ1) is 17.4. The monoisotopic (exact) mass is 341 g/mol. The SMILES string of the molecule is Cc1ccc(N)cc1C(=O)N1CCCN(Cc2ccc(F)cc2)CC1. The normalized spacial score (nSPS) is 15.8. The molecule has 1 saturated heterocycles. The number of hydrogen-bond acceptors (Lipinski definition) is 3. The Kier molecular flexibility index (Phi) is 5.34. The van der Waals surface area contributed by atoms with Crippen LogP contribution in [0.4, 0.5) is 10.1 Å². The third-order valence-electron chi connectivity index (χ3n) is 4.69. The van der Waals surface area contributed by atoms with Crippen LogP contribution in [0.25, 0.3) is 0 Å². The molecule has 3 rings (SSSR count). The van der Waals surface area contributed by atoms with Gasteiger partial charge in [-0.05, 0) is 48.7 Å². The molecule has 0 bridgehead atoms. The van der Waals surface area contributed by atoms with E-state index in [0.29, 0.717) is 17.8 Å². The van der Waals surface area contributed by atoms with Crippen molar-refractivity contribution in [2.75, 3.05) is 31.9 Å². The minimum atomic E-state index is -0.214. The molecule has 4 nitrogen and oxygen atoms in total. The van der Waals surface area contributed by atoms with Crippen LogP contribution in [-0.2, 0) is 6.54 Å². The molecule has 2 N–H and O–H groups in total. The van der Waals surface area contributed by atoms with Gasteiger partial charge in [-0.2, -0.15) is 0 Å². The van der Waals surface area contributed by atoms with Gasteiger partial charge in [0.1, 0.15) is 5.82 Å². The lowest BCUT2D eigenvalue weighted by Crippen LogP contribution is -2.35. The molecule has 0 spiro atoms. The summed E-state index contributed by atoms with van der Waals surface area (Å²) in [5.41, 5.74) is 9.18. The molecule has 1 aliphatic rings. The zero-order valence-electron chi connectivity index (χ0n) is 14.5. The van der Waals surface area contributed by atoms with Crippen LogP contribution in [0.15, 0.2) is 42.5 Å². The van der Waals surface area contributed by atoms with Crippen molar-refractivity contribution in [3.8, 4) is 0 Å². The van der Waals surface area contributed by atoms with Crippen molar-refractivity contribution in [1.29, 1.82) is 0 Å². The van der Waals surface area contributed by atoms with Crippen molar-refractivity contribution in [1.82, 2.24) is 9.80 Å². The molecule has 0 atom stereocenters. The van der Waals surface area contributed by atoms with E-state index in [1.54, 1.807) is 6.07 Å². The van der Waals surface area contributed by atoms with Gasteiger partial charge < -0.3 is 10.6 Å². The summed E-state index contributed by atoms with van der Waals surface area (Å²) < 4.78 is 13.0. The van der Waals surface area contributed by atoms with Gasteiger partial charge in [0.15, 0.2) is 0 Å². The fraction of sp³-hybridized carbons (Fsp3) is 0.350. The van der Waals surface area contributed by atoms with Gasteiger partial charge in [-0.1, -0.05) is 18.2 Å². The Morgan fingerprint density at radius 1 is 1.08 bits per heavy atom. The van der Waals surface area contributed by atoms with Crippen molar-refractivity contribution in [2.24, 2.45) is 0 Å². The van der Waals surface area contributed by atoms with Crippen molar-refractivity contribution < 1.29 is 9.18 Å². The summed E-state index contributed by atoms with van der Waals surface area (Å²) in [7, 11) is 0. The fourth-order valence-corrected chi connectivity index (χ4v) is 3.22. The number of carbonyl (C=O) groups excluding carboxylic acids is 1. The van der Waals surface area contributed by atoms with Gasteiger partial charge in [0.05, 0.1) is 0 Å². The van der Waals surface area contributed by atoms with E-state index in [9.17, 15) is 9.18 Å². The van der Waals surface area contributed by atoms with E-state index >= 15 is 0 Å². The zero-order valence-corrected chi connectivity index (χ0v) is 14.5. The number of amides is 1. The van der Waals surface area contributed by atoms with E-state index in [4.69, 9.17) is 5.73 Å². The molecule has 1 fully saturated rings. The van der Waals surface area contributed by atoms with E-state index in [1.807, 2.05) is 36.1 Å². The molecule has 0 aliphatic carbocycles. The highest BCUT2D eigenvalue weighted by molar-refractivity contribution is 5.96. The number of rotatable bonds is 3. The van der Waals surface area contributed by atoms with Crippen molar-refractivity contribution in [2.45, 2.75) is 19.9 Å². The maximum absolute atomic E-state index is 13.0. The number of aryl methyl sites for hydroxylation is 1. The summed E-state index contributed by atoms with van der Waals surface area (Å²) in [4.78, 5) is 17.1. The highest BCUT2D eigenvalue weighted by atomic mass is 19.1. The quantitative estimate of drug-likeness (QED) is 0.873. The highest BCUT2D eigenvalue weighted by Crippen LogP contribution is 2.17. The molecule has 0 radical (unpaired) electrons. The topological polar surface area (TPSA) is 49.6 Å². The third-order valence-corrected chi connectivity index (χ3v) is 4.69. The van der Waals surface area contributed by atoms with Crippen LogP contribution in [0.3, 0.4) is 0 Å². The van der Waals surface area contributed by atoms with E-state index in [-0.39, 0.29) is 11.7 Å². The molecular formula is C20H24FN3O. The van der Waals surface area contributed by atoms with Crippen LogP contribution in [0.5, 0.6) is 0 Å². The molecule has 2 aromatic rings. The number of anilines is 1. The minimum absolute atomic E-state index is 0.0495. The van der Waals surface area contributed by atoms with Crippen LogP contribution in [0.1, 0.15) is 27.9 Å². The average Bonchev–Trinajstić information content (AvgIpc) is 2.84. The molecular weight excluding hydrogens is 317 g/mol. The number of hydrogen-bond donors (Lipinski definition) is 1. The summed E-state index contributed by atoms with van der Waals surface area (Å²) in [6.07, 6.45) is 0.925. The first-order valence-electron chi connectivity index (χ1n) is 8.65. The number of halogens is 1. The number of carbonyl (C=O) groups is 1. The van der Waals surface area contributed by atoms with Crippen molar-refractivity contribution >= 4 is 11.6 Å². The van der Waals surface area contributed by atoms with Crippen LogP contribution in [-0.4, -0.2) is 41.9 Å². The number of nitrogens with two attached hydrogens (primary N) is 1. The smallest absolute Gasteiger partial charge is 0.254 e. The van der Waals surface area contributed by atoms with Crippen LogP contribution in [0, 0.1) is 12.7 Å². The number of benzene rings is 2. The Morgan fingerprint density at radius 2 is 1.84 bits per heavy atom. The second kappa shape index (κ2) is 7.66. The maximum Gasteiger partial charge on any atom is 0.254 e. The van der Waals surface area contributed by atoms with E-state index in [2.05, 4.69) is 4.90 Å². The number of nitrogen functional groups attached to an aromatic ring is 1. The summed E-state index contributed by atoms with van der Waals surface area (Å²) >= 11 is 0. The molecule has 2 aromatic carbocycles. The van der Waals surface area contributed by atoms with Gasteiger partial charge in [-0.3, -0.25) is 9.69 Å². The molecule has 0 aromatic heterocycles. The Morgan fingerprint density at radius 3 is 2.60 bits per heavy atom. The van der Waals surface area contributed by atoms with Gasteiger partial charge in [0.2, 0.25) is 0 Å². The summed E-state index contributed by atoms with van der Waals surface area (Å²) in [5.74, 6) is -0.165. The first-order valence-corrected chi connectivity index (χ1v) is 8.65. The highest BCUT2D eigenvalue weighted by Gasteiger charge is 2.21. The molecule has 25 heavy (non-hydrogen) atoms. The minimum Gasteiger partial charge on any atom is -0.399 e. The zero-order chi connectivity index (χ0) is 17.8. The van der Waals surface area contributed by atoms with E-state index in [0.717, 1.165) is 43.7 Å². The lowest BCUT2D eigenvalue weighted by molar-refractivity contribution is 0.0760. The molecule has 5 heteroatoms. The van der Waals surface area contributed by atoms with Gasteiger partial charge >= 0.3 is 0 Å².